The summed E-state index contributed by atoms with van der Waals surface area (Å²) in [5.74, 6) is -2.07. The van der Waals surface area contributed by atoms with Crippen LogP contribution in [0.25, 0.3) is 0 Å². The Labute approximate surface area is 353 Å². The molecule has 0 spiro atoms. The van der Waals surface area contributed by atoms with Gasteiger partial charge in [-0.2, -0.15) is 0 Å². The lowest BCUT2D eigenvalue weighted by Gasteiger charge is -2.25. The van der Waals surface area contributed by atoms with Crippen LogP contribution in [-0.2, 0) is 33.3 Å². The molecule has 0 amide bonds. The SMILES string of the molecule is CC/C=C\C/C=C\C/C=C\C/C=C\C/C=C\C/C=C\C/C=C\CCCCCC(=O)OC(COC(=O)CCCCCCCCCC)COC(OCC[N+](C)(C)C)C(=O)O. The van der Waals surface area contributed by atoms with Gasteiger partial charge in [-0.15, -0.1) is 0 Å². The van der Waals surface area contributed by atoms with Crippen LogP contribution in [0, 0.1) is 0 Å². The Hall–Kier alpha value is -3.53. The third kappa shape index (κ3) is 40.7. The number of carbonyl (C=O) groups excluding carboxylic acids is 2. The van der Waals surface area contributed by atoms with Crippen LogP contribution in [0.15, 0.2) is 85.1 Å². The Balaban J connectivity index is 4.43. The van der Waals surface area contributed by atoms with Crippen LogP contribution < -0.4 is 0 Å². The zero-order valence-electron chi connectivity index (χ0n) is 37.2. The van der Waals surface area contributed by atoms with Gasteiger partial charge in [0.05, 0.1) is 34.4 Å². The van der Waals surface area contributed by atoms with Gasteiger partial charge in [0.2, 0.25) is 0 Å². The fraction of sp³-hybridized carbons (Fsp3) is 0.653. The molecule has 0 rings (SSSR count). The Morgan fingerprint density at radius 3 is 1.47 bits per heavy atom. The van der Waals surface area contributed by atoms with Gasteiger partial charge in [-0.3, -0.25) is 9.59 Å². The van der Waals surface area contributed by atoms with E-state index in [1.807, 2.05) is 21.1 Å². The molecule has 0 heterocycles. The smallest absolute Gasteiger partial charge is 0.361 e. The summed E-state index contributed by atoms with van der Waals surface area (Å²) in [6, 6.07) is 0. The Kier molecular flexibility index (Phi) is 37.8. The number of rotatable bonds is 39. The number of nitrogens with zero attached hydrogens (tertiary/aromatic N) is 1. The maximum absolute atomic E-state index is 12.7. The highest BCUT2D eigenvalue weighted by atomic mass is 16.7. The molecule has 58 heavy (non-hydrogen) atoms. The molecule has 330 valence electrons. The molecule has 2 atom stereocenters. The summed E-state index contributed by atoms with van der Waals surface area (Å²) in [5, 5.41) is 9.61. The van der Waals surface area contributed by atoms with Gasteiger partial charge in [-0.05, 0) is 70.6 Å². The van der Waals surface area contributed by atoms with Gasteiger partial charge < -0.3 is 28.5 Å². The highest BCUT2D eigenvalue weighted by molar-refractivity contribution is 5.71. The van der Waals surface area contributed by atoms with E-state index in [9.17, 15) is 19.5 Å². The summed E-state index contributed by atoms with van der Waals surface area (Å²) < 4.78 is 22.6. The molecule has 9 heteroatoms. The summed E-state index contributed by atoms with van der Waals surface area (Å²) in [7, 11) is 5.93. The molecule has 0 saturated heterocycles. The van der Waals surface area contributed by atoms with Crippen molar-refractivity contribution >= 4 is 17.9 Å². The van der Waals surface area contributed by atoms with Gasteiger partial charge in [-0.1, -0.05) is 150 Å². The van der Waals surface area contributed by atoms with E-state index in [1.165, 1.54) is 32.1 Å². The molecule has 0 aromatic carbocycles. The number of carbonyl (C=O) groups is 3. The molecule has 0 saturated carbocycles. The molecule has 1 N–H and O–H groups in total. The molecule has 0 bridgehead atoms. The van der Waals surface area contributed by atoms with E-state index < -0.39 is 24.3 Å². The highest BCUT2D eigenvalue weighted by Crippen LogP contribution is 2.12. The molecule has 2 unspecified atom stereocenters. The van der Waals surface area contributed by atoms with Crippen molar-refractivity contribution in [2.24, 2.45) is 0 Å². The minimum atomic E-state index is -1.52. The second-order valence-corrected chi connectivity index (χ2v) is 15.6. The number of aliphatic carboxylic acids is 1. The van der Waals surface area contributed by atoms with Crippen molar-refractivity contribution in [3.63, 3.8) is 0 Å². The molecule has 0 aromatic heterocycles. The lowest BCUT2D eigenvalue weighted by Crippen LogP contribution is -2.40. The molecule has 0 fully saturated rings. The topological polar surface area (TPSA) is 108 Å². The maximum Gasteiger partial charge on any atom is 0.361 e. The standard InChI is InChI=1S/C49H81NO8/c1-6-8-10-12-14-16-17-18-19-20-21-22-23-24-25-26-27-28-29-30-31-32-34-36-38-40-47(52)58-45(44-57-49(48(53)54)55-42-41-50(3,4)5)43-56-46(51)39-37-35-33-15-13-11-9-7-2/h8,10,14,16,18-19,21-22,24-25,27-28,30-31,45,49H,6-7,9,11-13,15,17,20,23,26,29,32-44H2,1-5H3/p+1/b10-8-,16-14-,19-18-,22-21-,25-24-,28-27-,31-30-. The summed E-state index contributed by atoms with van der Waals surface area (Å²) in [6.07, 6.45) is 48.0. The number of quaternary nitrogens is 1. The van der Waals surface area contributed by atoms with Gasteiger partial charge in [0, 0.05) is 12.8 Å². The first-order chi connectivity index (χ1) is 28.1. The third-order valence-electron chi connectivity index (χ3n) is 8.92. The minimum absolute atomic E-state index is 0.177. The molecule has 0 aliphatic carbocycles. The molecule has 0 aliphatic rings. The van der Waals surface area contributed by atoms with E-state index in [0.29, 0.717) is 17.4 Å². The third-order valence-corrected chi connectivity index (χ3v) is 8.92. The van der Waals surface area contributed by atoms with Gasteiger partial charge in [0.15, 0.2) is 6.10 Å². The molecular weight excluding hydrogens is 731 g/mol. The normalized spacial score (nSPS) is 13.7. The van der Waals surface area contributed by atoms with Crippen LogP contribution >= 0.6 is 0 Å². The van der Waals surface area contributed by atoms with Crippen molar-refractivity contribution in [3.8, 4) is 0 Å². The fourth-order valence-corrected chi connectivity index (χ4v) is 5.46. The first-order valence-electron chi connectivity index (χ1n) is 22.3. The zero-order valence-corrected chi connectivity index (χ0v) is 37.2. The molecule has 0 aromatic rings. The maximum atomic E-state index is 12.7. The number of carboxylic acids is 1. The molecular formula is C49H82NO8+. The fourth-order valence-electron chi connectivity index (χ4n) is 5.46. The van der Waals surface area contributed by atoms with Crippen molar-refractivity contribution in [2.75, 3.05) is 47.5 Å². The zero-order chi connectivity index (χ0) is 42.8. The van der Waals surface area contributed by atoms with E-state index >= 15 is 0 Å². The average Bonchev–Trinajstić information content (AvgIpc) is 3.18. The predicted octanol–water partition coefficient (Wildman–Crippen LogP) is 11.7. The number of unbranched alkanes of at least 4 members (excludes halogenated alkanes) is 10. The largest absolute Gasteiger partial charge is 0.477 e. The quantitative estimate of drug-likeness (QED) is 0.0215. The number of carboxylic acid groups (broad SMARTS) is 1. The molecule has 9 nitrogen and oxygen atoms in total. The average molecular weight is 813 g/mol. The van der Waals surface area contributed by atoms with Crippen LogP contribution in [0.4, 0.5) is 0 Å². The van der Waals surface area contributed by atoms with Crippen molar-refractivity contribution in [1.82, 2.24) is 0 Å². The summed E-state index contributed by atoms with van der Waals surface area (Å²) in [6.45, 7) is 4.65. The summed E-state index contributed by atoms with van der Waals surface area (Å²) in [5.41, 5.74) is 0. The Morgan fingerprint density at radius 2 is 0.983 bits per heavy atom. The van der Waals surface area contributed by atoms with Crippen LogP contribution in [0.2, 0.25) is 0 Å². The van der Waals surface area contributed by atoms with Crippen molar-refractivity contribution in [2.45, 2.75) is 161 Å². The lowest BCUT2D eigenvalue weighted by molar-refractivity contribution is -0.870. The summed E-state index contributed by atoms with van der Waals surface area (Å²) >= 11 is 0. The second-order valence-electron chi connectivity index (χ2n) is 15.6. The Morgan fingerprint density at radius 1 is 0.534 bits per heavy atom. The number of esters is 2. The predicted molar refractivity (Wildman–Crippen MR) is 239 cm³/mol. The monoisotopic (exact) mass is 813 g/mol. The van der Waals surface area contributed by atoms with E-state index in [4.69, 9.17) is 18.9 Å². The molecule has 0 radical (unpaired) electrons. The lowest BCUT2D eigenvalue weighted by atomic mass is 10.1. The van der Waals surface area contributed by atoms with Crippen LogP contribution in [-0.4, -0.2) is 87.4 Å². The van der Waals surface area contributed by atoms with Crippen LogP contribution in [0.1, 0.15) is 149 Å². The van der Waals surface area contributed by atoms with E-state index in [0.717, 1.165) is 83.5 Å². The van der Waals surface area contributed by atoms with Crippen LogP contribution in [0.5, 0.6) is 0 Å². The number of allylic oxidation sites excluding steroid dienone is 14. The molecule has 0 aliphatic heterocycles. The van der Waals surface area contributed by atoms with Crippen molar-refractivity contribution in [1.29, 1.82) is 0 Å². The highest BCUT2D eigenvalue weighted by Gasteiger charge is 2.25. The van der Waals surface area contributed by atoms with Gasteiger partial charge in [0.25, 0.3) is 6.29 Å². The number of ether oxygens (including phenoxy) is 4. The second kappa shape index (κ2) is 40.3. The van der Waals surface area contributed by atoms with Crippen molar-refractivity contribution < 1.29 is 42.9 Å². The minimum Gasteiger partial charge on any atom is -0.477 e. The van der Waals surface area contributed by atoms with Gasteiger partial charge in [0.1, 0.15) is 13.2 Å². The van der Waals surface area contributed by atoms with Crippen LogP contribution in [0.3, 0.4) is 0 Å². The van der Waals surface area contributed by atoms with Gasteiger partial charge in [-0.25, -0.2) is 4.79 Å². The number of hydrogen-bond donors (Lipinski definition) is 1. The van der Waals surface area contributed by atoms with Gasteiger partial charge >= 0.3 is 17.9 Å². The Bertz CT molecular complexity index is 1220. The number of likely N-dealkylation sites (N-methyl/N-ethyl adjacent to an activating group) is 1. The van der Waals surface area contributed by atoms with E-state index in [-0.39, 0.29) is 38.6 Å². The van der Waals surface area contributed by atoms with E-state index in [2.05, 4.69) is 98.9 Å². The van der Waals surface area contributed by atoms with E-state index in [1.54, 1.807) is 0 Å². The first kappa shape index (κ1) is 54.5. The first-order valence-corrected chi connectivity index (χ1v) is 22.3. The summed E-state index contributed by atoms with van der Waals surface area (Å²) in [4.78, 5) is 36.9. The number of hydrogen-bond acceptors (Lipinski definition) is 7. The van der Waals surface area contributed by atoms with Crippen molar-refractivity contribution in [3.05, 3.63) is 85.1 Å².